The number of thiazole rings is 1. The number of aromatic nitrogens is 2. The molecule has 3 aromatic rings. The lowest BCUT2D eigenvalue weighted by Gasteiger charge is -2.17. The summed E-state index contributed by atoms with van der Waals surface area (Å²) in [7, 11) is 1.69. The third-order valence-corrected chi connectivity index (χ3v) is 4.68. The first-order valence-corrected chi connectivity index (χ1v) is 9.03. The van der Waals surface area contributed by atoms with Crippen molar-refractivity contribution < 1.29 is 18.3 Å². The van der Waals surface area contributed by atoms with E-state index in [1.54, 1.807) is 30.3 Å². The van der Waals surface area contributed by atoms with Gasteiger partial charge in [-0.15, -0.1) is 11.3 Å². The molecule has 2 aromatic heterocycles. The van der Waals surface area contributed by atoms with E-state index in [4.69, 9.17) is 0 Å². The van der Waals surface area contributed by atoms with Crippen LogP contribution in [0.3, 0.4) is 0 Å². The Hall–Kier alpha value is -2.87. The van der Waals surface area contributed by atoms with Crippen molar-refractivity contribution in [3.05, 3.63) is 65.3 Å². The van der Waals surface area contributed by atoms with Crippen LogP contribution in [0.25, 0.3) is 10.7 Å². The highest BCUT2D eigenvalue weighted by molar-refractivity contribution is 7.13. The van der Waals surface area contributed by atoms with Crippen molar-refractivity contribution in [3.8, 4) is 16.5 Å². The number of rotatable bonds is 7. The molecule has 0 saturated heterocycles. The molecule has 5 nitrogen and oxygen atoms in total. The summed E-state index contributed by atoms with van der Waals surface area (Å²) in [5.74, 6) is 0.00744. The number of carbonyl (C=O) groups is 1. The SMILES string of the molecule is CN(Cc1ccc(OC(F)F)cc1)C(=O)Cc1csc(-c2ccccn2)n1. The maximum atomic E-state index is 12.4. The fourth-order valence-electron chi connectivity index (χ4n) is 2.42. The van der Waals surface area contributed by atoms with Gasteiger partial charge in [0.05, 0.1) is 17.8 Å². The second-order valence-electron chi connectivity index (χ2n) is 5.81. The zero-order valence-electron chi connectivity index (χ0n) is 14.5. The molecule has 140 valence electrons. The van der Waals surface area contributed by atoms with Crippen LogP contribution in [0.5, 0.6) is 5.75 Å². The van der Waals surface area contributed by atoms with Crippen molar-refractivity contribution in [3.63, 3.8) is 0 Å². The van der Waals surface area contributed by atoms with Crippen molar-refractivity contribution in [2.75, 3.05) is 7.05 Å². The Kier molecular flexibility index (Phi) is 6.08. The van der Waals surface area contributed by atoms with E-state index in [1.165, 1.54) is 23.5 Å². The van der Waals surface area contributed by atoms with Crippen LogP contribution < -0.4 is 4.74 Å². The third-order valence-electron chi connectivity index (χ3n) is 3.76. The Morgan fingerprint density at radius 1 is 1.22 bits per heavy atom. The molecule has 0 N–H and O–H groups in total. The zero-order valence-corrected chi connectivity index (χ0v) is 15.3. The zero-order chi connectivity index (χ0) is 19.2. The quantitative estimate of drug-likeness (QED) is 0.613. The van der Waals surface area contributed by atoms with Gasteiger partial charge in [-0.05, 0) is 29.8 Å². The van der Waals surface area contributed by atoms with E-state index in [0.717, 1.165) is 16.3 Å². The molecule has 0 fully saturated rings. The summed E-state index contributed by atoms with van der Waals surface area (Å²) in [5.41, 5.74) is 2.29. The molecule has 8 heteroatoms. The third kappa shape index (κ3) is 5.30. The van der Waals surface area contributed by atoms with Crippen LogP contribution >= 0.6 is 11.3 Å². The van der Waals surface area contributed by atoms with Crippen molar-refractivity contribution in [2.24, 2.45) is 0 Å². The summed E-state index contributed by atoms with van der Waals surface area (Å²) in [6, 6.07) is 11.8. The van der Waals surface area contributed by atoms with Gasteiger partial charge >= 0.3 is 6.61 Å². The van der Waals surface area contributed by atoms with Gasteiger partial charge in [-0.1, -0.05) is 18.2 Å². The number of halogens is 2. The van der Waals surface area contributed by atoms with Gasteiger partial charge in [-0.25, -0.2) is 4.98 Å². The van der Waals surface area contributed by atoms with E-state index in [1.807, 2.05) is 23.6 Å². The first-order chi connectivity index (χ1) is 13.0. The summed E-state index contributed by atoms with van der Waals surface area (Å²) >= 11 is 1.45. The van der Waals surface area contributed by atoms with Gasteiger partial charge in [0.25, 0.3) is 0 Å². The smallest absolute Gasteiger partial charge is 0.387 e. The predicted octanol–water partition coefficient (Wildman–Crippen LogP) is 4.01. The van der Waals surface area contributed by atoms with Crippen LogP contribution in [0.1, 0.15) is 11.3 Å². The molecule has 0 spiro atoms. The lowest BCUT2D eigenvalue weighted by atomic mass is 10.2. The first-order valence-electron chi connectivity index (χ1n) is 8.15. The molecule has 2 heterocycles. The molecule has 0 bridgehead atoms. The minimum Gasteiger partial charge on any atom is -0.435 e. The van der Waals surface area contributed by atoms with Crippen molar-refractivity contribution in [2.45, 2.75) is 19.6 Å². The van der Waals surface area contributed by atoms with Crippen molar-refractivity contribution >= 4 is 17.2 Å². The maximum absolute atomic E-state index is 12.4. The van der Waals surface area contributed by atoms with Gasteiger partial charge in [-0.3, -0.25) is 9.78 Å². The number of alkyl halides is 2. The van der Waals surface area contributed by atoms with Gasteiger partial charge < -0.3 is 9.64 Å². The fourth-order valence-corrected chi connectivity index (χ4v) is 3.22. The van der Waals surface area contributed by atoms with E-state index in [0.29, 0.717) is 12.2 Å². The molecular weight excluding hydrogens is 372 g/mol. The highest BCUT2D eigenvalue weighted by Gasteiger charge is 2.14. The molecule has 1 aromatic carbocycles. The fraction of sp³-hybridized carbons (Fsp3) is 0.211. The molecule has 0 aliphatic heterocycles. The molecule has 0 aliphatic rings. The molecule has 27 heavy (non-hydrogen) atoms. The Morgan fingerprint density at radius 2 is 2.00 bits per heavy atom. The number of hydrogen-bond acceptors (Lipinski definition) is 5. The molecule has 0 atom stereocenters. The van der Waals surface area contributed by atoms with Crippen LogP contribution in [0, 0.1) is 0 Å². The Balaban J connectivity index is 1.57. The molecule has 0 unspecified atom stereocenters. The van der Waals surface area contributed by atoms with Crippen LogP contribution in [-0.2, 0) is 17.8 Å². The predicted molar refractivity (Wildman–Crippen MR) is 98.6 cm³/mol. The van der Waals surface area contributed by atoms with Crippen molar-refractivity contribution in [1.29, 1.82) is 0 Å². The molecule has 0 aliphatic carbocycles. The Labute approximate surface area is 159 Å². The van der Waals surface area contributed by atoms with Crippen LogP contribution in [0.4, 0.5) is 8.78 Å². The molecular formula is C19H17F2N3O2S. The lowest BCUT2D eigenvalue weighted by Crippen LogP contribution is -2.27. The topological polar surface area (TPSA) is 55.3 Å². The Morgan fingerprint density at radius 3 is 2.67 bits per heavy atom. The first kappa shape index (κ1) is 18.9. The molecule has 0 radical (unpaired) electrons. The standard InChI is InChI=1S/C19H17F2N3O2S/c1-24(11-13-5-7-15(8-6-13)26-19(20)21)17(25)10-14-12-27-18(23-14)16-4-2-3-9-22-16/h2-9,12,19H,10-11H2,1H3. The van der Waals surface area contributed by atoms with E-state index >= 15 is 0 Å². The number of benzene rings is 1. The summed E-state index contributed by atoms with van der Waals surface area (Å²) in [4.78, 5) is 22.7. The number of carbonyl (C=O) groups excluding carboxylic acids is 1. The number of pyridine rings is 1. The molecule has 3 rings (SSSR count). The average molecular weight is 389 g/mol. The highest BCUT2D eigenvalue weighted by atomic mass is 32.1. The lowest BCUT2D eigenvalue weighted by molar-refractivity contribution is -0.129. The van der Waals surface area contributed by atoms with E-state index < -0.39 is 6.61 Å². The monoisotopic (exact) mass is 389 g/mol. The Bertz CT molecular complexity index is 885. The number of hydrogen-bond donors (Lipinski definition) is 0. The minimum absolute atomic E-state index is 0.0826. The van der Waals surface area contributed by atoms with Crippen molar-refractivity contribution in [1.82, 2.24) is 14.9 Å². The van der Waals surface area contributed by atoms with Gasteiger partial charge in [0, 0.05) is 25.2 Å². The summed E-state index contributed by atoms with van der Waals surface area (Å²) in [6.07, 6.45) is 1.89. The number of likely N-dealkylation sites (N-methyl/N-ethyl adjacent to an activating group) is 1. The largest absolute Gasteiger partial charge is 0.435 e. The number of ether oxygens (including phenoxy) is 1. The summed E-state index contributed by atoms with van der Waals surface area (Å²) in [5, 5.41) is 2.63. The van der Waals surface area contributed by atoms with Gasteiger partial charge in [0.2, 0.25) is 5.91 Å². The highest BCUT2D eigenvalue weighted by Crippen LogP contribution is 2.22. The van der Waals surface area contributed by atoms with E-state index in [2.05, 4.69) is 14.7 Å². The van der Waals surface area contributed by atoms with Crippen LogP contribution in [0.15, 0.2) is 54.0 Å². The minimum atomic E-state index is -2.85. The van der Waals surface area contributed by atoms with Crippen LogP contribution in [-0.4, -0.2) is 34.4 Å². The normalized spacial score (nSPS) is 10.8. The number of nitrogens with zero attached hydrogens (tertiary/aromatic N) is 3. The molecule has 1 amide bonds. The summed E-state index contributed by atoms with van der Waals surface area (Å²) in [6.45, 7) is -2.49. The van der Waals surface area contributed by atoms with E-state index in [9.17, 15) is 13.6 Å². The second-order valence-corrected chi connectivity index (χ2v) is 6.67. The second kappa shape index (κ2) is 8.68. The van der Waals surface area contributed by atoms with Gasteiger partial charge in [0.1, 0.15) is 10.8 Å². The maximum Gasteiger partial charge on any atom is 0.387 e. The van der Waals surface area contributed by atoms with Crippen LogP contribution in [0.2, 0.25) is 0 Å². The van der Waals surface area contributed by atoms with Gasteiger partial charge in [-0.2, -0.15) is 8.78 Å². The average Bonchev–Trinajstić information content (AvgIpc) is 3.12. The van der Waals surface area contributed by atoms with Gasteiger partial charge in [0.15, 0.2) is 0 Å². The molecule has 0 saturated carbocycles. The number of amides is 1. The van der Waals surface area contributed by atoms with E-state index in [-0.39, 0.29) is 18.1 Å². The summed E-state index contributed by atoms with van der Waals surface area (Å²) < 4.78 is 28.7.